The molecule has 0 aromatic carbocycles. The minimum atomic E-state index is -4.17. The number of aromatic nitrogens is 2. The van der Waals surface area contributed by atoms with Gasteiger partial charge in [-0.2, -0.15) is 8.78 Å². The zero-order valence-electron chi connectivity index (χ0n) is 9.81. The molecule has 8 heteroatoms. The van der Waals surface area contributed by atoms with E-state index in [1.54, 1.807) is 0 Å². The zero-order chi connectivity index (χ0) is 14.0. The molecule has 0 fully saturated rings. The lowest BCUT2D eigenvalue weighted by atomic mass is 10.3. The normalized spacial score (nSPS) is 15.1. The van der Waals surface area contributed by atoms with Crippen LogP contribution in [0.15, 0.2) is 0 Å². The molecule has 1 aliphatic rings. The number of aryl methyl sites for hydroxylation is 1. The Balaban J connectivity index is 1.96. The van der Waals surface area contributed by atoms with Crippen molar-refractivity contribution in [1.82, 2.24) is 9.97 Å². The Bertz CT molecular complexity index is 470. The second kappa shape index (κ2) is 5.58. The number of fused-ring (bicyclic) bond motifs is 1. The van der Waals surface area contributed by atoms with Gasteiger partial charge in [-0.3, -0.25) is 0 Å². The number of halogens is 5. The average molecular weight is 299 g/mol. The molecule has 0 saturated carbocycles. The van der Waals surface area contributed by atoms with Crippen molar-refractivity contribution in [3.63, 3.8) is 0 Å². The van der Waals surface area contributed by atoms with Crippen LogP contribution in [-0.2, 0) is 24.2 Å². The lowest BCUT2D eigenvalue weighted by molar-refractivity contribution is -0.168. The van der Waals surface area contributed by atoms with Crippen molar-refractivity contribution in [2.45, 2.75) is 38.2 Å². The highest BCUT2D eigenvalue weighted by molar-refractivity contribution is 6.30. The van der Waals surface area contributed by atoms with Crippen LogP contribution in [0, 0.1) is 0 Å². The molecular weight excluding hydrogens is 288 g/mol. The fraction of sp³-hybridized carbons (Fsp3) is 0.636. The Morgan fingerprint density at radius 2 is 2.00 bits per heavy atom. The maximum atomic E-state index is 12.6. The van der Waals surface area contributed by atoms with Crippen LogP contribution >= 0.6 is 11.6 Å². The van der Waals surface area contributed by atoms with Gasteiger partial charge in [0.1, 0.15) is 18.4 Å². The van der Waals surface area contributed by atoms with E-state index in [0.717, 1.165) is 30.5 Å². The molecule has 3 nitrogen and oxygen atoms in total. The molecule has 0 spiro atoms. The molecule has 0 radical (unpaired) electrons. The van der Waals surface area contributed by atoms with Gasteiger partial charge in [0.25, 0.3) is 0 Å². The number of ether oxygens (including phenoxy) is 1. The monoisotopic (exact) mass is 298 g/mol. The molecule has 1 heterocycles. The Morgan fingerprint density at radius 3 is 2.68 bits per heavy atom. The smallest absolute Gasteiger partial charge is 0.330 e. The SMILES string of the molecule is FC(F)C(F)(F)COCc1nc(Cl)c2c(n1)CCC2. The summed E-state index contributed by atoms with van der Waals surface area (Å²) in [4.78, 5) is 8.03. The lowest BCUT2D eigenvalue weighted by Gasteiger charge is -2.15. The van der Waals surface area contributed by atoms with Gasteiger partial charge in [0.05, 0.1) is 0 Å². The quantitative estimate of drug-likeness (QED) is 0.619. The van der Waals surface area contributed by atoms with Gasteiger partial charge in [-0.25, -0.2) is 18.7 Å². The van der Waals surface area contributed by atoms with Crippen molar-refractivity contribution in [3.8, 4) is 0 Å². The van der Waals surface area contributed by atoms with Gasteiger partial charge in [-0.15, -0.1) is 0 Å². The minimum Gasteiger partial charge on any atom is -0.367 e. The summed E-state index contributed by atoms with van der Waals surface area (Å²) in [7, 11) is 0. The Labute approximate surface area is 111 Å². The van der Waals surface area contributed by atoms with E-state index in [9.17, 15) is 17.6 Å². The summed E-state index contributed by atoms with van der Waals surface area (Å²) in [6, 6.07) is 0. The topological polar surface area (TPSA) is 35.0 Å². The van der Waals surface area contributed by atoms with Crippen LogP contribution in [0.5, 0.6) is 0 Å². The van der Waals surface area contributed by atoms with Crippen molar-refractivity contribution in [2.75, 3.05) is 6.61 Å². The van der Waals surface area contributed by atoms with Gasteiger partial charge in [0.2, 0.25) is 0 Å². The van der Waals surface area contributed by atoms with Crippen LogP contribution in [0.2, 0.25) is 5.15 Å². The number of hydrogen-bond donors (Lipinski definition) is 0. The first-order valence-electron chi connectivity index (χ1n) is 5.68. The number of nitrogens with zero attached hydrogens (tertiary/aromatic N) is 2. The standard InChI is InChI=1S/C11H11ClF4N2O/c12-9-6-2-1-3-7(6)17-8(18-9)4-19-5-11(15,16)10(13)14/h10H,1-5H2. The van der Waals surface area contributed by atoms with Crippen LogP contribution in [0.25, 0.3) is 0 Å². The number of alkyl halides is 4. The molecule has 0 unspecified atom stereocenters. The highest BCUT2D eigenvalue weighted by Gasteiger charge is 2.41. The summed E-state index contributed by atoms with van der Waals surface area (Å²) in [5.74, 6) is -4.03. The first kappa shape index (κ1) is 14.5. The van der Waals surface area contributed by atoms with Gasteiger partial charge in [0.15, 0.2) is 5.82 Å². The minimum absolute atomic E-state index is 0.135. The van der Waals surface area contributed by atoms with Gasteiger partial charge in [-0.1, -0.05) is 11.6 Å². The van der Waals surface area contributed by atoms with E-state index in [4.69, 9.17) is 11.6 Å². The molecular formula is C11H11ClF4N2O. The Kier molecular flexibility index (Phi) is 4.25. The molecule has 0 amide bonds. The Hall–Kier alpha value is -0.950. The van der Waals surface area contributed by atoms with Gasteiger partial charge < -0.3 is 4.74 Å². The fourth-order valence-electron chi connectivity index (χ4n) is 1.84. The van der Waals surface area contributed by atoms with Crippen molar-refractivity contribution in [2.24, 2.45) is 0 Å². The largest absolute Gasteiger partial charge is 0.367 e. The van der Waals surface area contributed by atoms with Gasteiger partial charge >= 0.3 is 12.3 Å². The second-order valence-corrected chi connectivity index (χ2v) is 4.62. The third-order valence-corrected chi connectivity index (χ3v) is 3.09. The van der Waals surface area contributed by atoms with E-state index in [1.807, 2.05) is 0 Å². The van der Waals surface area contributed by atoms with E-state index in [-0.39, 0.29) is 17.6 Å². The average Bonchev–Trinajstić information content (AvgIpc) is 2.77. The third-order valence-electron chi connectivity index (χ3n) is 2.77. The second-order valence-electron chi connectivity index (χ2n) is 4.26. The van der Waals surface area contributed by atoms with Crippen molar-refractivity contribution in [3.05, 3.63) is 22.2 Å². The molecule has 0 saturated heterocycles. The van der Waals surface area contributed by atoms with E-state index >= 15 is 0 Å². The third kappa shape index (κ3) is 3.33. The van der Waals surface area contributed by atoms with Crippen LogP contribution in [0.4, 0.5) is 17.6 Å². The molecule has 0 atom stereocenters. The molecule has 1 aliphatic carbocycles. The van der Waals surface area contributed by atoms with Crippen molar-refractivity contribution < 1.29 is 22.3 Å². The van der Waals surface area contributed by atoms with Crippen LogP contribution < -0.4 is 0 Å². The number of hydrogen-bond acceptors (Lipinski definition) is 3. The molecule has 19 heavy (non-hydrogen) atoms. The van der Waals surface area contributed by atoms with Crippen molar-refractivity contribution in [1.29, 1.82) is 0 Å². The summed E-state index contributed by atoms with van der Waals surface area (Å²) >= 11 is 5.92. The lowest BCUT2D eigenvalue weighted by Crippen LogP contribution is -2.32. The van der Waals surface area contributed by atoms with E-state index in [2.05, 4.69) is 14.7 Å². The first-order valence-corrected chi connectivity index (χ1v) is 6.06. The highest BCUT2D eigenvalue weighted by atomic mass is 35.5. The Morgan fingerprint density at radius 1 is 1.26 bits per heavy atom. The number of rotatable bonds is 5. The molecule has 0 N–H and O–H groups in total. The van der Waals surface area contributed by atoms with Crippen LogP contribution in [0.1, 0.15) is 23.5 Å². The molecule has 106 valence electrons. The molecule has 0 aliphatic heterocycles. The molecule has 1 aromatic heterocycles. The van der Waals surface area contributed by atoms with E-state index in [1.165, 1.54) is 0 Å². The predicted molar refractivity (Wildman–Crippen MR) is 59.7 cm³/mol. The maximum Gasteiger partial charge on any atom is 0.330 e. The van der Waals surface area contributed by atoms with E-state index < -0.39 is 19.0 Å². The first-order chi connectivity index (χ1) is 8.90. The molecule has 2 rings (SSSR count). The summed E-state index contributed by atoms with van der Waals surface area (Å²) in [6.07, 6.45) is -1.30. The van der Waals surface area contributed by atoms with E-state index in [0.29, 0.717) is 0 Å². The summed E-state index contributed by atoms with van der Waals surface area (Å²) in [6.45, 7) is -1.74. The summed E-state index contributed by atoms with van der Waals surface area (Å²) in [5.41, 5.74) is 1.64. The molecule has 0 bridgehead atoms. The maximum absolute atomic E-state index is 12.6. The van der Waals surface area contributed by atoms with Gasteiger partial charge in [0, 0.05) is 11.3 Å². The molecule has 1 aromatic rings. The summed E-state index contributed by atoms with van der Waals surface area (Å²) in [5, 5.41) is 0.279. The van der Waals surface area contributed by atoms with Crippen molar-refractivity contribution >= 4 is 11.6 Å². The highest BCUT2D eigenvalue weighted by Crippen LogP contribution is 2.26. The summed E-state index contributed by atoms with van der Waals surface area (Å²) < 4.78 is 53.6. The predicted octanol–water partition coefficient (Wildman–Crippen LogP) is 3.04. The zero-order valence-corrected chi connectivity index (χ0v) is 10.6. The van der Waals surface area contributed by atoms with Crippen LogP contribution in [-0.4, -0.2) is 28.9 Å². The van der Waals surface area contributed by atoms with Crippen LogP contribution in [0.3, 0.4) is 0 Å². The van der Waals surface area contributed by atoms with Gasteiger partial charge in [-0.05, 0) is 19.3 Å². The fourth-order valence-corrected chi connectivity index (χ4v) is 2.14.